The number of nitrogens with zero attached hydrogens (tertiary/aromatic N) is 2. The molecule has 1 fully saturated rings. The van der Waals surface area contributed by atoms with E-state index in [-0.39, 0.29) is 17.5 Å². The average Bonchev–Trinajstić information content (AvgIpc) is 3.48. The molecule has 5 rings (SSSR count). The number of aryl methyl sites for hydroxylation is 1. The number of anilines is 3. The van der Waals surface area contributed by atoms with Gasteiger partial charge in [0.2, 0.25) is 0 Å². The molecule has 2 aliphatic heterocycles. The first-order chi connectivity index (χ1) is 16.6. The van der Waals surface area contributed by atoms with E-state index in [9.17, 15) is 9.59 Å². The Morgan fingerprint density at radius 2 is 1.44 bits per heavy atom. The summed E-state index contributed by atoms with van der Waals surface area (Å²) in [5, 5.41) is 3.19. The van der Waals surface area contributed by atoms with E-state index in [1.54, 1.807) is 7.11 Å². The molecule has 0 aliphatic carbocycles. The monoisotopic (exact) mass is 453 g/mol. The molecular formula is C28H27N3O3. The minimum absolute atomic E-state index is 0.238. The van der Waals surface area contributed by atoms with Gasteiger partial charge in [-0.05, 0) is 61.7 Å². The summed E-state index contributed by atoms with van der Waals surface area (Å²) in [5.41, 5.74) is 4.64. The fraction of sp³-hybridized carbons (Fsp3) is 0.214. The number of amides is 2. The van der Waals surface area contributed by atoms with Crippen LogP contribution in [-0.2, 0) is 9.59 Å². The fourth-order valence-electron chi connectivity index (χ4n) is 4.54. The molecule has 2 aliphatic rings. The van der Waals surface area contributed by atoms with E-state index >= 15 is 0 Å². The SMILES string of the molecule is COc1ccccc1NC1=C(c2ccc(C)cc2)C(=O)N(c2ccc(N3CCCC3)cc2)C1=O. The van der Waals surface area contributed by atoms with Crippen molar-refractivity contribution in [2.45, 2.75) is 19.8 Å². The number of benzene rings is 3. The van der Waals surface area contributed by atoms with Crippen molar-refractivity contribution in [2.24, 2.45) is 0 Å². The third-order valence-corrected chi connectivity index (χ3v) is 6.37. The van der Waals surface area contributed by atoms with Crippen LogP contribution in [0.15, 0.2) is 78.5 Å². The maximum Gasteiger partial charge on any atom is 0.282 e. The summed E-state index contributed by atoms with van der Waals surface area (Å²) in [6.07, 6.45) is 2.37. The van der Waals surface area contributed by atoms with Crippen molar-refractivity contribution in [2.75, 3.05) is 35.3 Å². The van der Waals surface area contributed by atoms with Crippen LogP contribution < -0.4 is 19.9 Å². The number of hydrogen-bond donors (Lipinski definition) is 1. The molecule has 2 amide bonds. The Labute approximate surface area is 199 Å². The molecule has 0 unspecified atom stereocenters. The lowest BCUT2D eigenvalue weighted by molar-refractivity contribution is -0.120. The van der Waals surface area contributed by atoms with Crippen LogP contribution in [0.4, 0.5) is 17.1 Å². The number of nitrogens with one attached hydrogen (secondary N) is 1. The van der Waals surface area contributed by atoms with Crippen LogP contribution in [0.25, 0.3) is 5.57 Å². The topological polar surface area (TPSA) is 61.9 Å². The van der Waals surface area contributed by atoms with Gasteiger partial charge in [0.1, 0.15) is 11.4 Å². The van der Waals surface area contributed by atoms with E-state index in [0.717, 1.165) is 24.3 Å². The smallest absolute Gasteiger partial charge is 0.282 e. The second kappa shape index (κ2) is 9.06. The number of para-hydroxylation sites is 2. The summed E-state index contributed by atoms with van der Waals surface area (Å²) in [7, 11) is 1.58. The van der Waals surface area contributed by atoms with Crippen LogP contribution in [0.2, 0.25) is 0 Å². The second-order valence-electron chi connectivity index (χ2n) is 8.60. The van der Waals surface area contributed by atoms with Crippen molar-refractivity contribution < 1.29 is 14.3 Å². The molecule has 0 saturated carbocycles. The Morgan fingerprint density at radius 1 is 0.794 bits per heavy atom. The highest BCUT2D eigenvalue weighted by molar-refractivity contribution is 6.46. The van der Waals surface area contributed by atoms with Crippen LogP contribution in [0, 0.1) is 6.92 Å². The Balaban J connectivity index is 1.54. The third-order valence-electron chi connectivity index (χ3n) is 6.37. The summed E-state index contributed by atoms with van der Waals surface area (Å²) < 4.78 is 5.45. The van der Waals surface area contributed by atoms with Gasteiger partial charge in [-0.3, -0.25) is 9.59 Å². The Kier molecular flexibility index (Phi) is 5.80. The number of carbonyl (C=O) groups is 2. The highest BCUT2D eigenvalue weighted by atomic mass is 16.5. The predicted molar refractivity (Wildman–Crippen MR) is 135 cm³/mol. The quantitative estimate of drug-likeness (QED) is 0.532. The molecule has 0 radical (unpaired) electrons. The van der Waals surface area contributed by atoms with Gasteiger partial charge in [0.25, 0.3) is 11.8 Å². The van der Waals surface area contributed by atoms with Crippen molar-refractivity contribution >= 4 is 34.4 Å². The lowest BCUT2D eigenvalue weighted by Crippen LogP contribution is -2.32. The first-order valence-electron chi connectivity index (χ1n) is 11.5. The van der Waals surface area contributed by atoms with E-state index < -0.39 is 0 Å². The Bertz CT molecular complexity index is 1260. The van der Waals surface area contributed by atoms with E-state index in [1.165, 1.54) is 17.7 Å². The number of rotatable bonds is 6. The number of imide groups is 1. The third kappa shape index (κ3) is 3.92. The zero-order chi connectivity index (χ0) is 23.7. The van der Waals surface area contributed by atoms with E-state index in [4.69, 9.17) is 4.74 Å². The highest BCUT2D eigenvalue weighted by Gasteiger charge is 2.40. The molecule has 172 valence electrons. The summed E-state index contributed by atoms with van der Waals surface area (Å²) in [4.78, 5) is 30.9. The molecule has 1 N–H and O–H groups in total. The molecule has 0 aromatic heterocycles. The van der Waals surface area contributed by atoms with Gasteiger partial charge in [-0.15, -0.1) is 0 Å². The van der Waals surface area contributed by atoms with Crippen molar-refractivity contribution in [1.29, 1.82) is 0 Å². The molecule has 3 aromatic rings. The molecule has 6 heteroatoms. The van der Waals surface area contributed by atoms with Crippen molar-refractivity contribution in [3.63, 3.8) is 0 Å². The van der Waals surface area contributed by atoms with Crippen molar-refractivity contribution in [3.05, 3.63) is 89.6 Å². The predicted octanol–water partition coefficient (Wildman–Crippen LogP) is 5.00. The fourth-order valence-corrected chi connectivity index (χ4v) is 4.54. The molecule has 3 aromatic carbocycles. The number of ether oxygens (including phenoxy) is 1. The van der Waals surface area contributed by atoms with Crippen LogP contribution in [-0.4, -0.2) is 32.0 Å². The molecule has 6 nitrogen and oxygen atoms in total. The standard InChI is InChI=1S/C28H27N3O3/c1-19-9-11-20(12-10-19)25-26(29-23-7-3-4-8-24(23)34-2)28(33)31(27(25)32)22-15-13-21(14-16-22)30-17-5-6-18-30/h3-4,7-16,29H,5-6,17-18H2,1-2H3. The van der Waals surface area contributed by atoms with Gasteiger partial charge in [0, 0.05) is 18.8 Å². The van der Waals surface area contributed by atoms with E-state index in [0.29, 0.717) is 28.3 Å². The van der Waals surface area contributed by atoms with Gasteiger partial charge in [0.15, 0.2) is 0 Å². The molecule has 0 spiro atoms. The van der Waals surface area contributed by atoms with E-state index in [1.807, 2.05) is 79.7 Å². The second-order valence-corrected chi connectivity index (χ2v) is 8.60. The molecular weight excluding hydrogens is 426 g/mol. The minimum Gasteiger partial charge on any atom is -0.495 e. The molecule has 34 heavy (non-hydrogen) atoms. The average molecular weight is 454 g/mol. The Hall–Kier alpha value is -4.06. The van der Waals surface area contributed by atoms with Crippen LogP contribution >= 0.6 is 0 Å². The first-order valence-corrected chi connectivity index (χ1v) is 11.5. The molecule has 0 bridgehead atoms. The largest absolute Gasteiger partial charge is 0.495 e. The van der Waals surface area contributed by atoms with Crippen LogP contribution in [0.3, 0.4) is 0 Å². The molecule has 1 saturated heterocycles. The van der Waals surface area contributed by atoms with Gasteiger partial charge in [-0.1, -0.05) is 42.0 Å². The number of methoxy groups -OCH3 is 1. The van der Waals surface area contributed by atoms with Gasteiger partial charge < -0.3 is 15.0 Å². The highest BCUT2D eigenvalue weighted by Crippen LogP contribution is 2.36. The maximum atomic E-state index is 13.7. The molecule has 0 atom stereocenters. The maximum absolute atomic E-state index is 13.7. The first kappa shape index (κ1) is 21.8. The lowest BCUT2D eigenvalue weighted by Gasteiger charge is -2.20. The summed E-state index contributed by atoms with van der Waals surface area (Å²) in [6.45, 7) is 4.06. The number of hydrogen-bond acceptors (Lipinski definition) is 5. The van der Waals surface area contributed by atoms with Gasteiger partial charge in [-0.25, -0.2) is 4.90 Å². The van der Waals surface area contributed by atoms with Gasteiger partial charge in [-0.2, -0.15) is 0 Å². The zero-order valence-corrected chi connectivity index (χ0v) is 19.4. The number of carbonyl (C=O) groups excluding carboxylic acids is 2. The zero-order valence-electron chi connectivity index (χ0n) is 19.4. The van der Waals surface area contributed by atoms with Crippen LogP contribution in [0.5, 0.6) is 5.75 Å². The molecule has 2 heterocycles. The normalized spacial score (nSPS) is 15.9. The Morgan fingerprint density at radius 3 is 2.12 bits per heavy atom. The summed E-state index contributed by atoms with van der Waals surface area (Å²) in [6, 6.07) is 22.6. The van der Waals surface area contributed by atoms with Gasteiger partial charge >= 0.3 is 0 Å². The van der Waals surface area contributed by atoms with E-state index in [2.05, 4.69) is 10.2 Å². The van der Waals surface area contributed by atoms with Crippen molar-refractivity contribution in [3.8, 4) is 5.75 Å². The van der Waals surface area contributed by atoms with Gasteiger partial charge in [0.05, 0.1) is 24.1 Å². The summed E-state index contributed by atoms with van der Waals surface area (Å²) >= 11 is 0. The minimum atomic E-state index is -0.389. The lowest BCUT2D eigenvalue weighted by atomic mass is 10.0. The van der Waals surface area contributed by atoms with Crippen molar-refractivity contribution in [1.82, 2.24) is 0 Å². The van der Waals surface area contributed by atoms with Crippen LogP contribution in [0.1, 0.15) is 24.0 Å². The summed E-state index contributed by atoms with van der Waals surface area (Å²) in [5.74, 6) is -0.146.